The zero-order valence-corrected chi connectivity index (χ0v) is 63.3. The van der Waals surface area contributed by atoms with E-state index < -0.39 is 24.2 Å². The Bertz CT molecular complexity index is 5710. The first kappa shape index (κ1) is 66.5. The molecule has 0 spiro atoms. The number of benzene rings is 17. The molecule has 3 nitrogen and oxygen atoms in total. The van der Waals surface area contributed by atoms with Crippen molar-refractivity contribution in [1.29, 1.82) is 0 Å². The smallest absolute Gasteiger partial charge is 0.252 e. The van der Waals surface area contributed by atoms with Gasteiger partial charge in [0.1, 0.15) is 0 Å². The molecule has 17 aromatic carbocycles. The van der Waals surface area contributed by atoms with Gasteiger partial charge in [0.15, 0.2) is 24.2 Å². The zero-order valence-electron chi connectivity index (χ0n) is 60.3. The molecule has 0 unspecified atom stereocenters. The summed E-state index contributed by atoms with van der Waals surface area (Å²) in [7, 11) is -9.57. The molecular formula is C102H76BN3Si3. The highest BCUT2D eigenvalue weighted by Crippen LogP contribution is 2.50. The van der Waals surface area contributed by atoms with Gasteiger partial charge in [0.05, 0.1) is 11.4 Å². The lowest BCUT2D eigenvalue weighted by atomic mass is 9.33. The van der Waals surface area contributed by atoms with Gasteiger partial charge >= 0.3 is 0 Å². The summed E-state index contributed by atoms with van der Waals surface area (Å²) in [6.07, 6.45) is 0. The van der Waals surface area contributed by atoms with Gasteiger partial charge in [-0.3, -0.25) is 0 Å². The third-order valence-corrected chi connectivity index (χ3v) is 37.2. The normalized spacial score (nSPS) is 12.3. The second-order valence-corrected chi connectivity index (χ2v) is 40.0. The molecule has 2 aliphatic heterocycles. The molecule has 0 amide bonds. The number of para-hydroxylation sites is 3. The second kappa shape index (κ2) is 28.6. The maximum Gasteiger partial charge on any atom is 0.252 e. The van der Waals surface area contributed by atoms with Crippen molar-refractivity contribution in [2.75, 3.05) is 14.7 Å². The Morgan fingerprint density at radius 2 is 0.477 bits per heavy atom. The number of hydrogen-bond acceptors (Lipinski definition) is 3. The Hall–Kier alpha value is -13.1. The van der Waals surface area contributed by atoms with Gasteiger partial charge in [-0.1, -0.05) is 394 Å². The van der Waals surface area contributed by atoms with Crippen LogP contribution in [0.15, 0.2) is 461 Å². The van der Waals surface area contributed by atoms with E-state index in [1.807, 2.05) is 0 Å². The maximum atomic E-state index is 2.70. The van der Waals surface area contributed by atoms with Gasteiger partial charge in [-0.05, 0) is 151 Å². The molecule has 0 fully saturated rings. The fourth-order valence-corrected chi connectivity index (χ4v) is 32.6. The molecular weight excluding hydrogens is 1360 g/mol. The molecule has 2 heterocycles. The summed E-state index contributed by atoms with van der Waals surface area (Å²) in [5.74, 6) is 0. The lowest BCUT2D eigenvalue weighted by molar-refractivity contribution is 1.23. The van der Waals surface area contributed by atoms with Crippen LogP contribution in [-0.4, -0.2) is 30.9 Å². The third kappa shape index (κ3) is 11.2. The first-order valence-electron chi connectivity index (χ1n) is 37.8. The van der Waals surface area contributed by atoms with E-state index in [0.29, 0.717) is 0 Å². The van der Waals surface area contributed by atoms with E-state index in [1.54, 1.807) is 0 Å². The van der Waals surface area contributed by atoms with Gasteiger partial charge in [-0.15, -0.1) is 0 Å². The molecule has 0 bridgehead atoms. The van der Waals surface area contributed by atoms with E-state index in [1.165, 1.54) is 78.6 Å². The summed E-state index contributed by atoms with van der Waals surface area (Å²) in [6.45, 7) is -0.275. The molecule has 19 rings (SSSR count). The quantitative estimate of drug-likeness (QED) is 0.0626. The third-order valence-electron chi connectivity index (χ3n) is 22.8. The van der Waals surface area contributed by atoms with Gasteiger partial charge in [0.25, 0.3) is 6.71 Å². The van der Waals surface area contributed by atoms with E-state index in [4.69, 9.17) is 0 Å². The minimum Gasteiger partial charge on any atom is -0.311 e. The van der Waals surface area contributed by atoms with Crippen molar-refractivity contribution in [2.45, 2.75) is 0 Å². The fraction of sp³-hybridized carbons (Fsp3) is 0. The molecule has 0 radical (unpaired) electrons. The lowest BCUT2D eigenvalue weighted by Gasteiger charge is -2.46. The van der Waals surface area contributed by atoms with Gasteiger partial charge in [0, 0.05) is 45.4 Å². The summed E-state index contributed by atoms with van der Waals surface area (Å²) in [4.78, 5) is 7.86. The minimum absolute atomic E-state index is 0.275. The standard InChI is InChI=1S/C102H76BN3Si3/c1-13-40-77(41-14-1)94-66-37-38-67-97(94)106-99-76-93(109(88-59-31-10-32-60-88,89-61-33-11-34-62-89)90-63-35-12-36-64-90)69-71-96(99)103-95-70-68-92(108(85-53-25-7-26-54-85,86-55-27-8-28-56-86)87-57-29-9-30-58-87)75-98(95)105(100-73-81(74-101(106)102(100)103)104(78-42-15-2-16-43-78)79-44-17-3-18-45-79)80-46-39-65-91(72-80)107(82-47-19-4-20-48-82,83-49-21-5-22-50-83)84-51-23-6-24-52-84/h1-76H. The zero-order chi connectivity index (χ0) is 72.6. The van der Waals surface area contributed by atoms with Gasteiger partial charge in [-0.25, -0.2) is 0 Å². The van der Waals surface area contributed by atoms with Crippen molar-refractivity contribution in [3.05, 3.63) is 461 Å². The molecule has 514 valence electrons. The lowest BCUT2D eigenvalue weighted by Crippen LogP contribution is -2.75. The van der Waals surface area contributed by atoms with Crippen LogP contribution in [-0.2, 0) is 0 Å². The van der Waals surface area contributed by atoms with Gasteiger partial charge in [0.2, 0.25) is 0 Å². The number of hydrogen-bond donors (Lipinski definition) is 0. The van der Waals surface area contributed by atoms with Crippen molar-refractivity contribution in [1.82, 2.24) is 0 Å². The van der Waals surface area contributed by atoms with Crippen LogP contribution in [0.5, 0.6) is 0 Å². The number of anilines is 9. The highest BCUT2D eigenvalue weighted by molar-refractivity contribution is 7.21. The molecule has 0 saturated heterocycles. The van der Waals surface area contributed by atoms with Crippen molar-refractivity contribution in [2.24, 2.45) is 0 Å². The summed E-state index contributed by atoms with van der Waals surface area (Å²) in [5.41, 5.74) is 15.8. The summed E-state index contributed by atoms with van der Waals surface area (Å²) in [6, 6.07) is 175. The highest BCUT2D eigenvalue weighted by Gasteiger charge is 2.50. The number of fused-ring (bicyclic) bond motifs is 4. The van der Waals surface area contributed by atoms with Crippen LogP contribution < -0.4 is 93.3 Å². The van der Waals surface area contributed by atoms with Crippen LogP contribution in [0.3, 0.4) is 0 Å². The van der Waals surface area contributed by atoms with Crippen molar-refractivity contribution < 1.29 is 0 Å². The molecule has 0 aromatic heterocycles. The molecule has 0 N–H and O–H groups in total. The van der Waals surface area contributed by atoms with Crippen LogP contribution in [0.4, 0.5) is 51.2 Å². The Labute approximate surface area is 643 Å². The predicted octanol–water partition coefficient (Wildman–Crippen LogP) is 15.0. The monoisotopic (exact) mass is 1440 g/mol. The van der Waals surface area contributed by atoms with E-state index in [0.717, 1.165) is 62.3 Å². The maximum absolute atomic E-state index is 3.22. The van der Waals surface area contributed by atoms with Crippen LogP contribution in [0, 0.1) is 0 Å². The molecule has 0 atom stereocenters. The first-order valence-corrected chi connectivity index (χ1v) is 43.8. The summed E-state index contributed by atoms with van der Waals surface area (Å²) in [5, 5.41) is 15.7. The average molecular weight is 1440 g/mol. The minimum atomic E-state index is -3.22. The molecule has 7 heteroatoms. The summed E-state index contributed by atoms with van der Waals surface area (Å²) < 4.78 is 0. The predicted molar refractivity (Wildman–Crippen MR) is 471 cm³/mol. The number of rotatable bonds is 18. The van der Waals surface area contributed by atoms with Crippen LogP contribution >= 0.6 is 0 Å². The van der Waals surface area contributed by atoms with Crippen molar-refractivity contribution in [3.8, 4) is 11.1 Å². The SMILES string of the molecule is c1ccc(-c2ccccc2N2c3cc([Si](c4ccccc4)(c4ccccc4)c4ccccc4)ccc3B3c4ccc([Si](c5ccccc5)(c5ccccc5)c5ccccc5)cc4N(c4cccc([Si](c5ccccc5)(c5ccccc5)c5ccccc5)c4)c4cc(N(c5ccccc5)c5ccccc5)cc2c43)cc1. The largest absolute Gasteiger partial charge is 0.311 e. The van der Waals surface area contributed by atoms with Crippen LogP contribution in [0.25, 0.3) is 11.1 Å². The van der Waals surface area contributed by atoms with Crippen LogP contribution in [0.1, 0.15) is 0 Å². The van der Waals surface area contributed by atoms with Crippen molar-refractivity contribution in [3.63, 3.8) is 0 Å². The Balaban J connectivity index is 0.989. The first-order chi connectivity index (χ1) is 54.1. The van der Waals surface area contributed by atoms with E-state index >= 15 is 0 Å². The number of nitrogens with zero attached hydrogens (tertiary/aromatic N) is 3. The Morgan fingerprint density at radius 3 is 0.835 bits per heavy atom. The summed E-state index contributed by atoms with van der Waals surface area (Å²) >= 11 is 0. The average Bonchev–Trinajstić information content (AvgIpc) is 0.679. The topological polar surface area (TPSA) is 9.72 Å². The van der Waals surface area contributed by atoms with E-state index in [-0.39, 0.29) is 6.71 Å². The van der Waals surface area contributed by atoms with Gasteiger partial charge in [-0.2, -0.15) is 0 Å². The molecule has 2 aliphatic rings. The fourth-order valence-electron chi connectivity index (χ4n) is 18.3. The Kier molecular flexibility index (Phi) is 17.5. The molecule has 0 saturated carbocycles. The molecule has 109 heavy (non-hydrogen) atoms. The van der Waals surface area contributed by atoms with E-state index in [9.17, 15) is 0 Å². The second-order valence-electron chi connectivity index (χ2n) is 28.5. The van der Waals surface area contributed by atoms with Gasteiger partial charge < -0.3 is 14.7 Å². The molecule has 0 aliphatic carbocycles. The Morgan fingerprint density at radius 1 is 0.193 bits per heavy atom. The molecule has 17 aromatic rings. The highest BCUT2D eigenvalue weighted by atomic mass is 28.3. The van der Waals surface area contributed by atoms with E-state index in [2.05, 4.69) is 476 Å². The van der Waals surface area contributed by atoms with Crippen molar-refractivity contribution >= 4 is 161 Å². The van der Waals surface area contributed by atoms with Crippen LogP contribution in [0.2, 0.25) is 0 Å².